The zero-order valence-electron chi connectivity index (χ0n) is 15.6. The van der Waals surface area contributed by atoms with Gasteiger partial charge in [0.15, 0.2) is 9.84 Å². The van der Waals surface area contributed by atoms with Crippen molar-refractivity contribution in [1.82, 2.24) is 5.32 Å². The first-order valence-corrected chi connectivity index (χ1v) is 12.2. The minimum atomic E-state index is -2.96. The van der Waals surface area contributed by atoms with Crippen LogP contribution >= 0.6 is 23.2 Å². The van der Waals surface area contributed by atoms with Crippen LogP contribution in [-0.2, 0) is 9.84 Å². The summed E-state index contributed by atoms with van der Waals surface area (Å²) in [5.41, 5.74) is 0.450. The van der Waals surface area contributed by atoms with Crippen LogP contribution in [0.5, 0.6) is 0 Å². The van der Waals surface area contributed by atoms with Crippen molar-refractivity contribution >= 4 is 38.9 Å². The van der Waals surface area contributed by atoms with Gasteiger partial charge in [-0.05, 0) is 61.1 Å². The molecule has 1 aromatic carbocycles. The van der Waals surface area contributed by atoms with Gasteiger partial charge in [-0.3, -0.25) is 4.79 Å². The molecule has 0 heterocycles. The lowest BCUT2D eigenvalue weighted by Gasteiger charge is -2.48. The van der Waals surface area contributed by atoms with E-state index < -0.39 is 9.84 Å². The smallest absolute Gasteiger partial charge is 0.252 e. The molecule has 2 saturated carbocycles. The van der Waals surface area contributed by atoms with E-state index in [0.29, 0.717) is 28.6 Å². The average Bonchev–Trinajstić information content (AvgIpc) is 3.34. The van der Waals surface area contributed by atoms with E-state index in [0.717, 1.165) is 25.2 Å². The summed E-state index contributed by atoms with van der Waals surface area (Å²) in [6.07, 6.45) is 5.99. The second-order valence-corrected chi connectivity index (χ2v) is 11.4. The average molecular weight is 432 g/mol. The Balaban J connectivity index is 1.59. The van der Waals surface area contributed by atoms with Crippen molar-refractivity contribution in [2.24, 2.45) is 17.3 Å². The van der Waals surface area contributed by atoms with Crippen molar-refractivity contribution < 1.29 is 13.2 Å². The number of benzene rings is 1. The van der Waals surface area contributed by atoms with E-state index in [4.69, 9.17) is 23.2 Å². The molecule has 1 N–H and O–H groups in total. The van der Waals surface area contributed by atoms with Gasteiger partial charge in [-0.2, -0.15) is 0 Å². The van der Waals surface area contributed by atoms with Crippen molar-refractivity contribution in [1.29, 1.82) is 0 Å². The van der Waals surface area contributed by atoms with E-state index in [9.17, 15) is 13.2 Å². The second kappa shape index (κ2) is 8.30. The summed E-state index contributed by atoms with van der Waals surface area (Å²) in [7, 11) is -2.96. The molecule has 0 atom stereocenters. The van der Waals surface area contributed by atoms with E-state index in [1.807, 2.05) is 6.92 Å². The zero-order valence-corrected chi connectivity index (χ0v) is 18.0. The molecular formula is C20H27Cl2NO3S. The van der Waals surface area contributed by atoms with Gasteiger partial charge in [-0.25, -0.2) is 8.42 Å². The summed E-state index contributed by atoms with van der Waals surface area (Å²) in [4.78, 5) is 12.5. The fourth-order valence-corrected chi connectivity index (χ4v) is 6.63. The van der Waals surface area contributed by atoms with E-state index in [1.165, 1.54) is 12.8 Å². The van der Waals surface area contributed by atoms with E-state index in [2.05, 4.69) is 5.32 Å². The Morgan fingerprint density at radius 3 is 2.52 bits per heavy atom. The highest BCUT2D eigenvalue weighted by Crippen LogP contribution is 2.53. The minimum Gasteiger partial charge on any atom is -0.351 e. The zero-order chi connectivity index (χ0) is 19.7. The molecule has 1 aromatic rings. The van der Waals surface area contributed by atoms with Gasteiger partial charge in [0, 0.05) is 17.3 Å². The number of hydrogen-bond donors (Lipinski definition) is 1. The first-order chi connectivity index (χ1) is 12.7. The highest BCUT2D eigenvalue weighted by Gasteiger charge is 2.48. The van der Waals surface area contributed by atoms with Crippen LogP contribution in [0.25, 0.3) is 0 Å². The van der Waals surface area contributed by atoms with Crippen LogP contribution in [0.15, 0.2) is 18.2 Å². The molecule has 27 heavy (non-hydrogen) atoms. The number of sulfone groups is 1. The summed E-state index contributed by atoms with van der Waals surface area (Å²) in [5, 5.41) is 3.87. The van der Waals surface area contributed by atoms with Gasteiger partial charge in [-0.1, -0.05) is 43.0 Å². The third-order valence-corrected chi connectivity index (χ3v) is 8.22. The molecule has 4 nitrogen and oxygen atoms in total. The summed E-state index contributed by atoms with van der Waals surface area (Å²) in [5.74, 6) is 1.30. The maximum atomic E-state index is 12.5. The number of carbonyl (C=O) groups is 1. The Morgan fingerprint density at radius 2 is 1.93 bits per heavy atom. The molecule has 0 spiro atoms. The number of nitrogens with one attached hydrogen (secondary N) is 1. The molecule has 1 amide bonds. The van der Waals surface area contributed by atoms with Gasteiger partial charge >= 0.3 is 0 Å². The Hall–Kier alpha value is -0.780. The lowest BCUT2D eigenvalue weighted by molar-refractivity contribution is 0.0475. The largest absolute Gasteiger partial charge is 0.351 e. The third kappa shape index (κ3) is 5.61. The summed E-state index contributed by atoms with van der Waals surface area (Å²) >= 11 is 12.0. The van der Waals surface area contributed by atoms with Crippen LogP contribution < -0.4 is 5.32 Å². The number of amides is 1. The molecule has 7 heteroatoms. The molecule has 0 bridgehead atoms. The van der Waals surface area contributed by atoms with Crippen LogP contribution in [0.1, 0.15) is 55.8 Å². The quantitative estimate of drug-likeness (QED) is 0.613. The molecule has 2 fully saturated rings. The van der Waals surface area contributed by atoms with E-state index in [1.54, 1.807) is 18.2 Å². The third-order valence-electron chi connectivity index (χ3n) is 5.67. The Bertz CT molecular complexity index is 799. The van der Waals surface area contributed by atoms with E-state index >= 15 is 0 Å². The number of carbonyl (C=O) groups excluding carboxylic acids is 1. The Morgan fingerprint density at radius 1 is 1.22 bits per heavy atom. The normalized spacial score (nSPS) is 25.1. The lowest BCUT2D eigenvalue weighted by Crippen LogP contribution is -2.48. The summed E-state index contributed by atoms with van der Waals surface area (Å²) in [6.45, 7) is 2.47. The molecule has 0 aliphatic heterocycles. The predicted octanol–water partition coefficient (Wildman–Crippen LogP) is 4.74. The molecule has 0 radical (unpaired) electrons. The lowest BCUT2D eigenvalue weighted by atomic mass is 9.60. The van der Waals surface area contributed by atoms with Gasteiger partial charge in [0.1, 0.15) is 0 Å². The van der Waals surface area contributed by atoms with Gasteiger partial charge in [-0.15, -0.1) is 0 Å². The van der Waals surface area contributed by atoms with Crippen molar-refractivity contribution in [3.63, 3.8) is 0 Å². The topological polar surface area (TPSA) is 63.2 Å². The molecule has 3 rings (SSSR count). The van der Waals surface area contributed by atoms with Gasteiger partial charge in [0.25, 0.3) is 5.91 Å². The molecule has 0 unspecified atom stereocenters. The fourth-order valence-electron chi connectivity index (χ4n) is 4.39. The van der Waals surface area contributed by atoms with Crippen molar-refractivity contribution in [2.75, 3.05) is 18.1 Å². The first kappa shape index (κ1) is 20.9. The number of halogens is 2. The van der Waals surface area contributed by atoms with Crippen LogP contribution in [0.2, 0.25) is 10.0 Å². The SMILES string of the molecule is CCCS(=O)(=O)CC1CC(CNC(=O)c2ccc(Cl)cc2Cl)(CC2CC2)C1. The number of rotatable bonds is 9. The van der Waals surface area contributed by atoms with E-state index in [-0.39, 0.29) is 28.7 Å². The molecule has 150 valence electrons. The maximum Gasteiger partial charge on any atom is 0.252 e. The maximum absolute atomic E-state index is 12.5. The van der Waals surface area contributed by atoms with Crippen LogP contribution in [0.3, 0.4) is 0 Å². The van der Waals surface area contributed by atoms with Gasteiger partial charge in [0.2, 0.25) is 0 Å². The van der Waals surface area contributed by atoms with Crippen molar-refractivity contribution in [3.8, 4) is 0 Å². The first-order valence-electron chi connectivity index (χ1n) is 9.66. The highest BCUT2D eigenvalue weighted by molar-refractivity contribution is 7.91. The Labute approximate surface area is 171 Å². The van der Waals surface area contributed by atoms with Gasteiger partial charge < -0.3 is 5.32 Å². The standard InChI is InChI=1S/C20H27Cl2NO3S/c1-2-7-27(25,26)12-15-10-20(11-15,9-14-3-4-14)13-23-19(24)17-6-5-16(21)8-18(17)22/h5-6,8,14-15H,2-4,7,9-13H2,1H3,(H,23,24). The summed E-state index contributed by atoms with van der Waals surface area (Å²) in [6, 6.07) is 4.85. The second-order valence-electron chi connectivity index (χ2n) is 8.34. The monoisotopic (exact) mass is 431 g/mol. The van der Waals surface area contributed by atoms with Crippen molar-refractivity contribution in [2.45, 2.75) is 45.4 Å². The summed E-state index contributed by atoms with van der Waals surface area (Å²) < 4.78 is 24.2. The molecular weight excluding hydrogens is 405 g/mol. The molecule has 2 aliphatic rings. The molecule has 2 aliphatic carbocycles. The highest BCUT2D eigenvalue weighted by atomic mass is 35.5. The van der Waals surface area contributed by atoms with Gasteiger partial charge in [0.05, 0.1) is 16.3 Å². The predicted molar refractivity (Wildman–Crippen MR) is 110 cm³/mol. The fraction of sp³-hybridized carbons (Fsp3) is 0.650. The Kier molecular flexibility index (Phi) is 6.44. The van der Waals surface area contributed by atoms with Crippen LogP contribution in [0.4, 0.5) is 0 Å². The molecule has 0 aromatic heterocycles. The minimum absolute atomic E-state index is 0.0299. The van der Waals surface area contributed by atoms with Crippen molar-refractivity contribution in [3.05, 3.63) is 33.8 Å². The van der Waals surface area contributed by atoms with Crippen LogP contribution in [-0.4, -0.2) is 32.4 Å². The van der Waals surface area contributed by atoms with Crippen LogP contribution in [0, 0.1) is 17.3 Å². The molecule has 0 saturated heterocycles. The number of hydrogen-bond acceptors (Lipinski definition) is 3.